The van der Waals surface area contributed by atoms with E-state index in [4.69, 9.17) is 5.73 Å². The summed E-state index contributed by atoms with van der Waals surface area (Å²) in [6.45, 7) is 1.05. The van der Waals surface area contributed by atoms with Gasteiger partial charge in [-0.2, -0.15) is 0 Å². The molecule has 2 aromatic rings. The van der Waals surface area contributed by atoms with E-state index in [1.165, 1.54) is 5.56 Å². The molecule has 0 saturated heterocycles. The quantitative estimate of drug-likeness (QED) is 0.884. The monoisotopic (exact) mass is 332 g/mol. The maximum absolute atomic E-state index is 12.0. The molecule has 0 saturated carbocycles. The van der Waals surface area contributed by atoms with Gasteiger partial charge in [0.15, 0.2) is 0 Å². The summed E-state index contributed by atoms with van der Waals surface area (Å²) < 4.78 is 1.07. The van der Waals surface area contributed by atoms with Crippen LogP contribution in [-0.2, 0) is 13.0 Å². The Morgan fingerprint density at radius 2 is 1.95 bits per heavy atom. The van der Waals surface area contributed by atoms with Crippen molar-refractivity contribution in [1.29, 1.82) is 0 Å². The van der Waals surface area contributed by atoms with Crippen molar-refractivity contribution in [2.75, 3.05) is 6.54 Å². The molecule has 0 aliphatic carbocycles. The number of rotatable bonds is 5. The molecule has 2 rings (SSSR count). The highest BCUT2D eigenvalue weighted by atomic mass is 79.9. The van der Waals surface area contributed by atoms with Gasteiger partial charge in [-0.1, -0.05) is 46.3 Å². The minimum atomic E-state index is -0.0626. The van der Waals surface area contributed by atoms with E-state index in [-0.39, 0.29) is 5.91 Å². The Bertz CT molecular complexity index is 599. The van der Waals surface area contributed by atoms with E-state index in [0.29, 0.717) is 18.7 Å². The first-order valence-electron chi connectivity index (χ1n) is 6.51. The Hall–Kier alpha value is -1.65. The van der Waals surface area contributed by atoms with Gasteiger partial charge >= 0.3 is 0 Å². The summed E-state index contributed by atoms with van der Waals surface area (Å²) in [4.78, 5) is 12.0. The first kappa shape index (κ1) is 14.8. The van der Waals surface area contributed by atoms with E-state index in [0.717, 1.165) is 16.5 Å². The fourth-order valence-electron chi connectivity index (χ4n) is 1.95. The molecule has 4 heteroatoms. The van der Waals surface area contributed by atoms with Crippen LogP contribution in [0.25, 0.3) is 0 Å². The molecule has 3 N–H and O–H groups in total. The normalized spacial score (nSPS) is 10.3. The molecule has 0 aromatic heterocycles. The van der Waals surface area contributed by atoms with Crippen LogP contribution in [-0.4, -0.2) is 12.5 Å². The molecule has 0 spiro atoms. The zero-order valence-electron chi connectivity index (χ0n) is 11.1. The summed E-state index contributed by atoms with van der Waals surface area (Å²) in [5, 5.41) is 2.93. The van der Waals surface area contributed by atoms with Crippen molar-refractivity contribution in [3.8, 4) is 0 Å². The molecule has 0 radical (unpaired) electrons. The fourth-order valence-corrected chi connectivity index (χ4v) is 2.44. The number of carbonyl (C=O) groups is 1. The van der Waals surface area contributed by atoms with E-state index in [1.54, 1.807) is 6.07 Å². The second-order valence-corrected chi connectivity index (χ2v) is 5.36. The van der Waals surface area contributed by atoms with Gasteiger partial charge in [0.1, 0.15) is 0 Å². The highest BCUT2D eigenvalue weighted by molar-refractivity contribution is 9.10. The minimum Gasteiger partial charge on any atom is -0.352 e. The van der Waals surface area contributed by atoms with E-state index >= 15 is 0 Å². The molecule has 3 nitrogen and oxygen atoms in total. The minimum absolute atomic E-state index is 0.0626. The molecule has 2 aromatic carbocycles. The molecule has 0 aliphatic rings. The lowest BCUT2D eigenvalue weighted by molar-refractivity contribution is 0.0954. The Morgan fingerprint density at radius 3 is 2.70 bits per heavy atom. The van der Waals surface area contributed by atoms with Crippen molar-refractivity contribution in [1.82, 2.24) is 5.32 Å². The maximum Gasteiger partial charge on any atom is 0.251 e. The Kier molecular flexibility index (Phi) is 5.32. The summed E-state index contributed by atoms with van der Waals surface area (Å²) in [6, 6.07) is 15.4. The van der Waals surface area contributed by atoms with Gasteiger partial charge in [-0.15, -0.1) is 0 Å². The predicted octanol–water partition coefficient (Wildman–Crippen LogP) is 2.88. The van der Waals surface area contributed by atoms with Gasteiger partial charge in [0.2, 0.25) is 0 Å². The third kappa shape index (κ3) is 3.92. The first-order valence-corrected chi connectivity index (χ1v) is 7.30. The molecule has 1 amide bonds. The summed E-state index contributed by atoms with van der Waals surface area (Å²) in [5.41, 5.74) is 8.37. The van der Waals surface area contributed by atoms with Crippen LogP contribution in [0, 0.1) is 0 Å². The summed E-state index contributed by atoms with van der Waals surface area (Å²) >= 11 is 3.50. The van der Waals surface area contributed by atoms with Gasteiger partial charge in [-0.25, -0.2) is 0 Å². The fraction of sp³-hybridized carbons (Fsp3) is 0.188. The third-order valence-corrected chi connectivity index (χ3v) is 3.84. The standard InChI is InChI=1S/C16H17BrN2O/c17-15-7-2-1-5-13(15)8-9-19-16(20)14-6-3-4-12(10-14)11-18/h1-7,10H,8-9,11,18H2,(H,19,20). The number of hydrogen-bond donors (Lipinski definition) is 2. The number of benzene rings is 2. The molecule has 0 unspecified atom stereocenters. The third-order valence-electron chi connectivity index (χ3n) is 3.06. The van der Waals surface area contributed by atoms with Gasteiger partial charge in [-0.05, 0) is 35.7 Å². The number of nitrogens with one attached hydrogen (secondary N) is 1. The van der Waals surface area contributed by atoms with Crippen molar-refractivity contribution in [2.45, 2.75) is 13.0 Å². The van der Waals surface area contributed by atoms with Crippen LogP contribution in [0.3, 0.4) is 0 Å². The summed E-state index contributed by atoms with van der Waals surface area (Å²) in [6.07, 6.45) is 0.795. The van der Waals surface area contributed by atoms with Crippen molar-refractivity contribution in [2.24, 2.45) is 5.73 Å². The van der Waals surface area contributed by atoms with Gasteiger partial charge in [0.05, 0.1) is 0 Å². The predicted molar refractivity (Wildman–Crippen MR) is 84.5 cm³/mol. The Balaban J connectivity index is 1.91. The van der Waals surface area contributed by atoms with Crippen molar-refractivity contribution < 1.29 is 4.79 Å². The van der Waals surface area contributed by atoms with Crippen LogP contribution in [0.15, 0.2) is 53.0 Å². The number of nitrogens with two attached hydrogens (primary N) is 1. The maximum atomic E-state index is 12.0. The number of hydrogen-bond acceptors (Lipinski definition) is 2. The van der Waals surface area contributed by atoms with Gasteiger partial charge in [-0.3, -0.25) is 4.79 Å². The molecule has 104 valence electrons. The second-order valence-electron chi connectivity index (χ2n) is 4.50. The topological polar surface area (TPSA) is 55.1 Å². The zero-order chi connectivity index (χ0) is 14.4. The Labute approximate surface area is 127 Å². The number of carbonyl (C=O) groups excluding carboxylic acids is 1. The molecule has 0 fully saturated rings. The van der Waals surface area contributed by atoms with Gasteiger partial charge < -0.3 is 11.1 Å². The average Bonchev–Trinajstić information content (AvgIpc) is 2.49. The average molecular weight is 333 g/mol. The molecule has 0 bridgehead atoms. The number of amides is 1. The molecule has 20 heavy (non-hydrogen) atoms. The largest absolute Gasteiger partial charge is 0.352 e. The van der Waals surface area contributed by atoms with Crippen LogP contribution in [0.5, 0.6) is 0 Å². The molecule has 0 heterocycles. The lowest BCUT2D eigenvalue weighted by Gasteiger charge is -2.07. The van der Waals surface area contributed by atoms with E-state index < -0.39 is 0 Å². The van der Waals surface area contributed by atoms with E-state index in [9.17, 15) is 4.79 Å². The van der Waals surface area contributed by atoms with Crippen molar-refractivity contribution in [3.63, 3.8) is 0 Å². The lowest BCUT2D eigenvalue weighted by Crippen LogP contribution is -2.25. The Morgan fingerprint density at radius 1 is 1.15 bits per heavy atom. The molecular weight excluding hydrogens is 316 g/mol. The van der Waals surface area contributed by atoms with Gasteiger partial charge in [0.25, 0.3) is 5.91 Å². The number of halogens is 1. The lowest BCUT2D eigenvalue weighted by atomic mass is 10.1. The van der Waals surface area contributed by atoms with Crippen LogP contribution >= 0.6 is 15.9 Å². The van der Waals surface area contributed by atoms with Crippen LogP contribution < -0.4 is 11.1 Å². The SMILES string of the molecule is NCc1cccc(C(=O)NCCc2ccccc2Br)c1. The molecule has 0 atom stereocenters. The van der Waals surface area contributed by atoms with Crippen molar-refractivity contribution >= 4 is 21.8 Å². The molecular formula is C16H17BrN2O. The first-order chi connectivity index (χ1) is 9.70. The van der Waals surface area contributed by atoms with Crippen molar-refractivity contribution in [3.05, 3.63) is 69.7 Å². The van der Waals surface area contributed by atoms with Gasteiger partial charge in [0, 0.05) is 23.1 Å². The molecule has 0 aliphatic heterocycles. The highest BCUT2D eigenvalue weighted by Crippen LogP contribution is 2.15. The smallest absolute Gasteiger partial charge is 0.251 e. The highest BCUT2D eigenvalue weighted by Gasteiger charge is 2.06. The second kappa shape index (κ2) is 7.22. The van der Waals surface area contributed by atoms with Crippen LogP contribution in [0.4, 0.5) is 0 Å². The summed E-state index contributed by atoms with van der Waals surface area (Å²) in [7, 11) is 0. The zero-order valence-corrected chi connectivity index (χ0v) is 12.7. The van der Waals surface area contributed by atoms with Crippen LogP contribution in [0.2, 0.25) is 0 Å². The van der Waals surface area contributed by atoms with Crippen LogP contribution in [0.1, 0.15) is 21.5 Å². The van der Waals surface area contributed by atoms with E-state index in [1.807, 2.05) is 42.5 Å². The van der Waals surface area contributed by atoms with E-state index in [2.05, 4.69) is 21.2 Å². The summed E-state index contributed by atoms with van der Waals surface area (Å²) in [5.74, 6) is -0.0626.